The normalized spacial score (nSPS) is 10.7. The van der Waals surface area contributed by atoms with Gasteiger partial charge in [0.2, 0.25) is 0 Å². The summed E-state index contributed by atoms with van der Waals surface area (Å²) in [6, 6.07) is 11.9. The second kappa shape index (κ2) is 4.41. The molecule has 0 saturated heterocycles. The predicted molar refractivity (Wildman–Crippen MR) is 71.0 cm³/mol. The summed E-state index contributed by atoms with van der Waals surface area (Å²) in [6.45, 7) is 0. The Morgan fingerprint density at radius 2 is 1.89 bits per heavy atom. The van der Waals surface area contributed by atoms with Crippen molar-refractivity contribution >= 4 is 16.7 Å². The van der Waals surface area contributed by atoms with E-state index in [9.17, 15) is 0 Å². The summed E-state index contributed by atoms with van der Waals surface area (Å²) in [4.78, 5) is 12.5. The van der Waals surface area contributed by atoms with E-state index in [4.69, 9.17) is 5.73 Å². The Labute approximate surface area is 105 Å². The molecule has 0 fully saturated rings. The topological polar surface area (TPSA) is 64.7 Å². The summed E-state index contributed by atoms with van der Waals surface area (Å²) in [5.41, 5.74) is 8.77. The van der Waals surface area contributed by atoms with Crippen LogP contribution in [0.25, 0.3) is 10.9 Å². The highest BCUT2D eigenvalue weighted by Gasteiger charge is 2.04. The van der Waals surface area contributed by atoms with E-state index >= 15 is 0 Å². The molecule has 3 aromatic rings. The molecule has 0 amide bonds. The molecule has 0 aliphatic carbocycles. The van der Waals surface area contributed by atoms with Crippen molar-refractivity contribution in [3.63, 3.8) is 0 Å². The van der Waals surface area contributed by atoms with Crippen LogP contribution in [0.2, 0.25) is 0 Å². The lowest BCUT2D eigenvalue weighted by Crippen LogP contribution is -1.98. The molecule has 2 N–H and O–H groups in total. The molecule has 2 heterocycles. The van der Waals surface area contributed by atoms with Crippen LogP contribution in [-0.2, 0) is 6.42 Å². The summed E-state index contributed by atoms with van der Waals surface area (Å²) in [6.07, 6.45) is 4.05. The maximum atomic E-state index is 5.66. The number of pyridine rings is 1. The molecule has 0 aliphatic heterocycles. The number of nitrogens with two attached hydrogens (primary N) is 1. The molecule has 18 heavy (non-hydrogen) atoms. The second-order valence-corrected chi connectivity index (χ2v) is 4.10. The van der Waals surface area contributed by atoms with Gasteiger partial charge in [-0.2, -0.15) is 0 Å². The molecule has 0 spiro atoms. The van der Waals surface area contributed by atoms with Crippen molar-refractivity contribution in [2.75, 3.05) is 5.73 Å². The molecular weight excluding hydrogens is 224 g/mol. The minimum absolute atomic E-state index is 0.498. The van der Waals surface area contributed by atoms with Crippen LogP contribution in [0.3, 0.4) is 0 Å². The highest BCUT2D eigenvalue weighted by Crippen LogP contribution is 2.18. The van der Waals surface area contributed by atoms with Gasteiger partial charge in [0.25, 0.3) is 0 Å². The van der Waals surface area contributed by atoms with Gasteiger partial charge in [0.1, 0.15) is 12.1 Å². The van der Waals surface area contributed by atoms with Gasteiger partial charge in [0.15, 0.2) is 0 Å². The molecule has 0 saturated carbocycles. The molecule has 4 nitrogen and oxygen atoms in total. The van der Waals surface area contributed by atoms with E-state index < -0.39 is 0 Å². The Hall–Kier alpha value is -2.49. The molecule has 3 rings (SSSR count). The standard InChI is InChI=1S/C14H12N4/c15-14-8-11(17-9-18-14)7-10-5-6-16-13-4-2-1-3-12(10)13/h1-6,8-9H,7H2,(H2,15,17,18). The fourth-order valence-corrected chi connectivity index (χ4v) is 2.02. The van der Waals surface area contributed by atoms with Crippen molar-refractivity contribution in [1.82, 2.24) is 15.0 Å². The lowest BCUT2D eigenvalue weighted by molar-refractivity contribution is 1.04. The number of rotatable bonds is 2. The summed E-state index contributed by atoms with van der Waals surface area (Å²) in [5.74, 6) is 0.498. The fourth-order valence-electron chi connectivity index (χ4n) is 2.02. The molecule has 0 atom stereocenters. The van der Waals surface area contributed by atoms with Crippen LogP contribution in [0.5, 0.6) is 0 Å². The van der Waals surface area contributed by atoms with Gasteiger partial charge < -0.3 is 5.73 Å². The van der Waals surface area contributed by atoms with E-state index in [1.165, 1.54) is 11.9 Å². The van der Waals surface area contributed by atoms with Crippen LogP contribution in [0.1, 0.15) is 11.3 Å². The molecule has 1 aromatic carbocycles. The van der Waals surface area contributed by atoms with E-state index in [-0.39, 0.29) is 0 Å². The fraction of sp³-hybridized carbons (Fsp3) is 0.0714. The zero-order valence-corrected chi connectivity index (χ0v) is 9.74. The van der Waals surface area contributed by atoms with Gasteiger partial charge in [-0.05, 0) is 17.7 Å². The summed E-state index contributed by atoms with van der Waals surface area (Å²) >= 11 is 0. The van der Waals surface area contributed by atoms with Crippen LogP contribution in [0.15, 0.2) is 48.9 Å². The van der Waals surface area contributed by atoms with Gasteiger partial charge in [0, 0.05) is 24.1 Å². The Morgan fingerprint density at radius 3 is 2.78 bits per heavy atom. The van der Waals surface area contributed by atoms with E-state index in [0.717, 1.165) is 23.0 Å². The lowest BCUT2D eigenvalue weighted by Gasteiger charge is -2.05. The third-order valence-electron chi connectivity index (χ3n) is 2.86. The van der Waals surface area contributed by atoms with E-state index in [1.54, 1.807) is 6.07 Å². The molecule has 0 bridgehead atoms. The number of hydrogen-bond donors (Lipinski definition) is 1. The van der Waals surface area contributed by atoms with E-state index in [0.29, 0.717) is 5.82 Å². The second-order valence-electron chi connectivity index (χ2n) is 4.10. The monoisotopic (exact) mass is 236 g/mol. The van der Waals surface area contributed by atoms with Gasteiger partial charge in [-0.3, -0.25) is 4.98 Å². The third-order valence-corrected chi connectivity index (χ3v) is 2.86. The number of fused-ring (bicyclic) bond motifs is 1. The zero-order chi connectivity index (χ0) is 12.4. The molecule has 88 valence electrons. The maximum absolute atomic E-state index is 5.66. The Balaban J connectivity index is 2.05. The molecule has 0 unspecified atom stereocenters. The quantitative estimate of drug-likeness (QED) is 0.740. The largest absolute Gasteiger partial charge is 0.384 e. The number of hydrogen-bond acceptors (Lipinski definition) is 4. The number of benzene rings is 1. The van der Waals surface area contributed by atoms with Crippen molar-refractivity contribution in [3.8, 4) is 0 Å². The van der Waals surface area contributed by atoms with Crippen LogP contribution in [0.4, 0.5) is 5.82 Å². The summed E-state index contributed by atoms with van der Waals surface area (Å²) in [7, 11) is 0. The molecular formula is C14H12N4. The zero-order valence-electron chi connectivity index (χ0n) is 9.74. The number of nitrogen functional groups attached to an aromatic ring is 1. The van der Waals surface area contributed by atoms with Crippen LogP contribution < -0.4 is 5.73 Å². The van der Waals surface area contributed by atoms with Crippen molar-refractivity contribution in [2.24, 2.45) is 0 Å². The predicted octanol–water partition coefficient (Wildman–Crippen LogP) is 2.20. The smallest absolute Gasteiger partial charge is 0.127 e. The minimum atomic E-state index is 0.498. The number of anilines is 1. The molecule has 0 aliphatic rings. The first-order chi connectivity index (χ1) is 8.83. The van der Waals surface area contributed by atoms with Crippen molar-refractivity contribution < 1.29 is 0 Å². The van der Waals surface area contributed by atoms with Gasteiger partial charge in [-0.15, -0.1) is 0 Å². The molecule has 4 heteroatoms. The number of nitrogens with zero attached hydrogens (tertiary/aromatic N) is 3. The summed E-state index contributed by atoms with van der Waals surface area (Å²) < 4.78 is 0. The Kier molecular flexibility index (Phi) is 2.61. The van der Waals surface area contributed by atoms with Crippen molar-refractivity contribution in [2.45, 2.75) is 6.42 Å². The first-order valence-corrected chi connectivity index (χ1v) is 5.72. The minimum Gasteiger partial charge on any atom is -0.384 e. The first-order valence-electron chi connectivity index (χ1n) is 5.72. The van der Waals surface area contributed by atoms with Crippen LogP contribution >= 0.6 is 0 Å². The molecule has 0 radical (unpaired) electrons. The maximum Gasteiger partial charge on any atom is 0.127 e. The average molecular weight is 236 g/mol. The average Bonchev–Trinajstić information content (AvgIpc) is 2.39. The first kappa shape index (κ1) is 10.7. The van der Waals surface area contributed by atoms with Crippen LogP contribution in [-0.4, -0.2) is 15.0 Å². The number of aromatic nitrogens is 3. The highest BCUT2D eigenvalue weighted by molar-refractivity contribution is 5.82. The van der Waals surface area contributed by atoms with Gasteiger partial charge in [-0.1, -0.05) is 18.2 Å². The summed E-state index contributed by atoms with van der Waals surface area (Å²) in [5, 5.41) is 1.15. The Morgan fingerprint density at radius 1 is 1.00 bits per heavy atom. The van der Waals surface area contributed by atoms with Gasteiger partial charge >= 0.3 is 0 Å². The van der Waals surface area contributed by atoms with E-state index in [1.807, 2.05) is 30.5 Å². The Bertz CT molecular complexity index is 689. The van der Waals surface area contributed by atoms with Gasteiger partial charge in [-0.25, -0.2) is 9.97 Å². The third kappa shape index (κ3) is 2.00. The van der Waals surface area contributed by atoms with E-state index in [2.05, 4.69) is 21.0 Å². The van der Waals surface area contributed by atoms with Crippen LogP contribution in [0, 0.1) is 0 Å². The lowest BCUT2D eigenvalue weighted by atomic mass is 10.0. The van der Waals surface area contributed by atoms with Crippen molar-refractivity contribution in [3.05, 3.63) is 60.2 Å². The SMILES string of the molecule is Nc1cc(Cc2ccnc3ccccc23)ncn1. The highest BCUT2D eigenvalue weighted by atomic mass is 14.9. The number of para-hydroxylation sites is 1. The molecule has 2 aromatic heterocycles. The van der Waals surface area contributed by atoms with Gasteiger partial charge in [0.05, 0.1) is 11.2 Å². The van der Waals surface area contributed by atoms with Crippen molar-refractivity contribution in [1.29, 1.82) is 0 Å².